The average molecular weight is 291 g/mol. The topological polar surface area (TPSA) is 72.6 Å². The first-order chi connectivity index (χ1) is 10.0. The van der Waals surface area contributed by atoms with E-state index in [1.807, 2.05) is 6.92 Å². The van der Waals surface area contributed by atoms with Crippen LogP contribution in [0.5, 0.6) is 11.5 Å². The van der Waals surface area contributed by atoms with Crippen LogP contribution in [-0.4, -0.2) is 10.0 Å². The molecule has 0 saturated heterocycles. The maximum Gasteiger partial charge on any atom is 0.305 e. The van der Waals surface area contributed by atoms with Crippen molar-refractivity contribution in [3.05, 3.63) is 64.0 Å². The summed E-state index contributed by atoms with van der Waals surface area (Å²) in [5.41, 5.74) is 0.170. The lowest BCUT2D eigenvalue weighted by Gasteiger charge is -2.10. The molecule has 2 aromatic rings. The van der Waals surface area contributed by atoms with Crippen molar-refractivity contribution in [1.29, 1.82) is 0 Å². The first kappa shape index (κ1) is 14.9. The molecule has 0 spiro atoms. The van der Waals surface area contributed by atoms with Crippen LogP contribution in [0, 0.1) is 15.9 Å². The van der Waals surface area contributed by atoms with Crippen molar-refractivity contribution in [2.45, 2.75) is 19.4 Å². The molecule has 6 heteroatoms. The van der Waals surface area contributed by atoms with Gasteiger partial charge in [0.2, 0.25) is 5.82 Å². The molecule has 0 aromatic heterocycles. The Balaban J connectivity index is 2.15. The fourth-order valence-electron chi connectivity index (χ4n) is 1.83. The number of nitro benzene ring substituents is 1. The Kier molecular flexibility index (Phi) is 4.49. The number of hydrogen-bond donors (Lipinski definition) is 1. The van der Waals surface area contributed by atoms with E-state index < -0.39 is 22.5 Å². The fourth-order valence-corrected chi connectivity index (χ4v) is 1.83. The number of rotatable bonds is 5. The van der Waals surface area contributed by atoms with Crippen LogP contribution in [0.4, 0.5) is 10.1 Å². The summed E-state index contributed by atoms with van der Waals surface area (Å²) in [7, 11) is 0. The molecule has 1 unspecified atom stereocenters. The van der Waals surface area contributed by atoms with Crippen molar-refractivity contribution < 1.29 is 19.2 Å². The van der Waals surface area contributed by atoms with Crippen LogP contribution >= 0.6 is 0 Å². The molecule has 2 rings (SSSR count). The fraction of sp³-hybridized carbons (Fsp3) is 0.200. The van der Waals surface area contributed by atoms with Gasteiger partial charge < -0.3 is 9.84 Å². The molecular weight excluding hydrogens is 277 g/mol. The zero-order chi connectivity index (χ0) is 15.4. The lowest BCUT2D eigenvalue weighted by Crippen LogP contribution is -1.95. The summed E-state index contributed by atoms with van der Waals surface area (Å²) >= 11 is 0. The molecular formula is C15H14FNO4. The molecule has 1 N–H and O–H groups in total. The first-order valence-corrected chi connectivity index (χ1v) is 6.41. The van der Waals surface area contributed by atoms with Crippen LogP contribution in [0.3, 0.4) is 0 Å². The van der Waals surface area contributed by atoms with Gasteiger partial charge in [-0.2, -0.15) is 4.39 Å². The van der Waals surface area contributed by atoms with Crippen molar-refractivity contribution in [2.75, 3.05) is 0 Å². The lowest BCUT2D eigenvalue weighted by molar-refractivity contribution is -0.387. The second-order valence-corrected chi connectivity index (χ2v) is 4.47. The molecule has 2 aromatic carbocycles. The van der Waals surface area contributed by atoms with Crippen molar-refractivity contribution in [1.82, 2.24) is 0 Å². The maximum atomic E-state index is 13.5. The van der Waals surface area contributed by atoms with Gasteiger partial charge in [0.1, 0.15) is 11.5 Å². The molecule has 1 atom stereocenters. The number of ether oxygens (including phenoxy) is 1. The van der Waals surface area contributed by atoms with E-state index >= 15 is 0 Å². The summed E-state index contributed by atoms with van der Waals surface area (Å²) in [5, 5.41) is 20.2. The molecule has 0 heterocycles. The molecule has 0 aliphatic carbocycles. The molecule has 5 nitrogen and oxygen atoms in total. The van der Waals surface area contributed by atoms with Gasteiger partial charge in [-0.25, -0.2) is 0 Å². The Morgan fingerprint density at radius 3 is 2.38 bits per heavy atom. The SMILES string of the molecule is CCC(O)c1ccc(Oc2ccc([N+](=O)[O-])c(F)c2)cc1. The van der Waals surface area contributed by atoms with Gasteiger partial charge in [0, 0.05) is 12.1 Å². The smallest absolute Gasteiger partial charge is 0.305 e. The molecule has 110 valence electrons. The van der Waals surface area contributed by atoms with Crippen LogP contribution in [0.25, 0.3) is 0 Å². The van der Waals surface area contributed by atoms with Crippen molar-refractivity contribution >= 4 is 5.69 Å². The summed E-state index contributed by atoms with van der Waals surface area (Å²) < 4.78 is 18.9. The minimum absolute atomic E-state index is 0.168. The minimum atomic E-state index is -0.949. The van der Waals surface area contributed by atoms with Crippen LogP contribution in [0.1, 0.15) is 25.0 Å². The first-order valence-electron chi connectivity index (χ1n) is 6.41. The van der Waals surface area contributed by atoms with Crippen LogP contribution < -0.4 is 4.74 Å². The van der Waals surface area contributed by atoms with E-state index in [0.717, 1.165) is 17.7 Å². The summed E-state index contributed by atoms with van der Waals surface area (Å²) in [6, 6.07) is 10.1. The third-order valence-electron chi connectivity index (χ3n) is 3.00. The zero-order valence-corrected chi connectivity index (χ0v) is 11.3. The third-order valence-corrected chi connectivity index (χ3v) is 3.00. The van der Waals surface area contributed by atoms with E-state index in [1.54, 1.807) is 24.3 Å². The molecule has 0 fully saturated rings. The highest BCUT2D eigenvalue weighted by molar-refractivity contribution is 5.40. The predicted octanol–water partition coefficient (Wildman–Crippen LogP) is 3.97. The standard InChI is InChI=1S/C15H14FNO4/c1-2-15(18)10-3-5-11(6-4-10)21-12-7-8-14(17(19)20)13(16)9-12/h3-9,15,18H,2H2,1H3. The van der Waals surface area contributed by atoms with Gasteiger partial charge >= 0.3 is 5.69 Å². The van der Waals surface area contributed by atoms with E-state index in [9.17, 15) is 19.6 Å². The lowest BCUT2D eigenvalue weighted by atomic mass is 10.1. The normalized spacial score (nSPS) is 12.0. The van der Waals surface area contributed by atoms with E-state index in [2.05, 4.69) is 0 Å². The van der Waals surface area contributed by atoms with E-state index in [0.29, 0.717) is 12.2 Å². The Bertz CT molecular complexity index is 643. The highest BCUT2D eigenvalue weighted by atomic mass is 19.1. The molecule has 0 radical (unpaired) electrons. The van der Waals surface area contributed by atoms with Crippen molar-refractivity contribution in [3.8, 4) is 11.5 Å². The molecule has 0 amide bonds. The van der Waals surface area contributed by atoms with Gasteiger partial charge in [-0.05, 0) is 30.2 Å². The summed E-state index contributed by atoms with van der Waals surface area (Å²) in [6.07, 6.45) is 0.0733. The highest BCUT2D eigenvalue weighted by Gasteiger charge is 2.14. The van der Waals surface area contributed by atoms with Crippen molar-refractivity contribution in [2.24, 2.45) is 0 Å². The molecule has 0 bridgehead atoms. The second-order valence-electron chi connectivity index (χ2n) is 4.47. The summed E-state index contributed by atoms with van der Waals surface area (Å²) in [5.74, 6) is -0.326. The Hall–Kier alpha value is -2.47. The molecule has 0 aliphatic heterocycles. The van der Waals surface area contributed by atoms with E-state index in [1.165, 1.54) is 6.07 Å². The van der Waals surface area contributed by atoms with Crippen LogP contribution in [0.2, 0.25) is 0 Å². The molecule has 0 saturated carbocycles. The minimum Gasteiger partial charge on any atom is -0.457 e. The predicted molar refractivity (Wildman–Crippen MR) is 74.8 cm³/mol. The number of benzene rings is 2. The number of aliphatic hydroxyl groups is 1. The second kappa shape index (κ2) is 6.32. The van der Waals surface area contributed by atoms with Gasteiger partial charge in [0.25, 0.3) is 0 Å². The van der Waals surface area contributed by atoms with Crippen LogP contribution in [0.15, 0.2) is 42.5 Å². The number of nitro groups is 1. The van der Waals surface area contributed by atoms with Gasteiger partial charge in [-0.15, -0.1) is 0 Å². The van der Waals surface area contributed by atoms with Crippen molar-refractivity contribution in [3.63, 3.8) is 0 Å². The monoisotopic (exact) mass is 291 g/mol. The molecule has 21 heavy (non-hydrogen) atoms. The Morgan fingerprint density at radius 1 is 1.24 bits per heavy atom. The van der Waals surface area contributed by atoms with E-state index in [-0.39, 0.29) is 5.75 Å². The van der Waals surface area contributed by atoms with Crippen LogP contribution in [-0.2, 0) is 0 Å². The molecule has 0 aliphatic rings. The average Bonchev–Trinajstić information content (AvgIpc) is 2.47. The van der Waals surface area contributed by atoms with E-state index in [4.69, 9.17) is 4.74 Å². The van der Waals surface area contributed by atoms with Gasteiger partial charge in [-0.1, -0.05) is 19.1 Å². The van der Waals surface area contributed by atoms with Gasteiger partial charge in [0.05, 0.1) is 11.0 Å². The summed E-state index contributed by atoms with van der Waals surface area (Å²) in [6.45, 7) is 1.87. The number of hydrogen-bond acceptors (Lipinski definition) is 4. The number of nitrogens with zero attached hydrogens (tertiary/aromatic N) is 1. The largest absolute Gasteiger partial charge is 0.457 e. The third kappa shape index (κ3) is 3.55. The quantitative estimate of drug-likeness (QED) is 0.668. The summed E-state index contributed by atoms with van der Waals surface area (Å²) in [4.78, 5) is 9.73. The maximum absolute atomic E-state index is 13.5. The zero-order valence-electron chi connectivity index (χ0n) is 11.3. The number of halogens is 1. The van der Waals surface area contributed by atoms with Gasteiger partial charge in [0.15, 0.2) is 0 Å². The number of aliphatic hydroxyl groups excluding tert-OH is 1. The van der Waals surface area contributed by atoms with Gasteiger partial charge in [-0.3, -0.25) is 10.1 Å². The Morgan fingerprint density at radius 2 is 1.86 bits per heavy atom. The Labute approximate surface area is 120 Å². The highest BCUT2D eigenvalue weighted by Crippen LogP contribution is 2.27.